The average Bonchev–Trinajstić information content (AvgIpc) is 3.24. The number of nitrogens with one attached hydrogen (secondary N) is 1. The number of urea groups is 1. The first-order chi connectivity index (χ1) is 12.5. The van der Waals surface area contributed by atoms with E-state index in [1.54, 1.807) is 11.1 Å². The van der Waals surface area contributed by atoms with Gasteiger partial charge in [-0.05, 0) is 45.7 Å². The Morgan fingerprint density at radius 2 is 2.31 bits per heavy atom. The summed E-state index contributed by atoms with van der Waals surface area (Å²) >= 11 is 0. The number of ether oxygens (including phenoxy) is 1. The number of rotatable bonds is 6. The molecule has 7 nitrogen and oxygen atoms in total. The molecule has 1 N–H and O–H groups in total. The van der Waals surface area contributed by atoms with Crippen LogP contribution in [0.2, 0.25) is 0 Å². The number of hydrogen-bond acceptors (Lipinski definition) is 4. The van der Waals surface area contributed by atoms with Crippen LogP contribution in [0.15, 0.2) is 30.5 Å². The van der Waals surface area contributed by atoms with Gasteiger partial charge in [0.15, 0.2) is 0 Å². The Labute approximate surface area is 154 Å². The summed E-state index contributed by atoms with van der Waals surface area (Å²) < 4.78 is 7.56. The smallest absolute Gasteiger partial charge is 0.323 e. The highest BCUT2D eigenvalue weighted by atomic mass is 16.5. The summed E-state index contributed by atoms with van der Waals surface area (Å²) in [7, 11) is 0. The molecule has 3 heterocycles. The normalized spacial score (nSPS) is 16.8. The number of aryl methyl sites for hydroxylation is 1. The summed E-state index contributed by atoms with van der Waals surface area (Å²) in [5.74, 6) is 0.709. The van der Waals surface area contributed by atoms with Crippen molar-refractivity contribution in [2.45, 2.75) is 52.3 Å². The Hall–Kier alpha value is -2.41. The van der Waals surface area contributed by atoms with Gasteiger partial charge in [0, 0.05) is 31.5 Å². The second kappa shape index (κ2) is 8.31. The molecule has 7 heteroatoms. The fraction of sp³-hybridized carbons (Fsp3) is 0.526. The van der Waals surface area contributed by atoms with E-state index in [2.05, 4.69) is 15.4 Å². The van der Waals surface area contributed by atoms with Crippen LogP contribution in [-0.2, 0) is 11.3 Å². The molecule has 1 atom stereocenters. The van der Waals surface area contributed by atoms with Gasteiger partial charge in [-0.25, -0.2) is 9.48 Å². The zero-order valence-corrected chi connectivity index (χ0v) is 15.7. The van der Waals surface area contributed by atoms with E-state index in [0.717, 1.165) is 30.8 Å². The third kappa shape index (κ3) is 4.60. The van der Waals surface area contributed by atoms with Crippen LogP contribution in [0.5, 0.6) is 0 Å². The molecule has 0 saturated carbocycles. The van der Waals surface area contributed by atoms with Crippen LogP contribution in [-0.4, -0.2) is 45.0 Å². The summed E-state index contributed by atoms with van der Waals surface area (Å²) in [4.78, 5) is 19.1. The summed E-state index contributed by atoms with van der Waals surface area (Å²) in [5, 5.41) is 7.47. The third-order valence-corrected chi connectivity index (χ3v) is 4.40. The van der Waals surface area contributed by atoms with Crippen molar-refractivity contribution in [1.29, 1.82) is 0 Å². The van der Waals surface area contributed by atoms with Crippen LogP contribution in [0, 0.1) is 6.92 Å². The predicted octanol–water partition coefficient (Wildman–Crippen LogP) is 3.38. The first-order valence-corrected chi connectivity index (χ1v) is 9.16. The van der Waals surface area contributed by atoms with Gasteiger partial charge < -0.3 is 9.64 Å². The molecule has 2 aromatic heterocycles. The molecule has 1 aliphatic heterocycles. The van der Waals surface area contributed by atoms with E-state index in [9.17, 15) is 4.79 Å². The van der Waals surface area contributed by atoms with Gasteiger partial charge in [-0.3, -0.25) is 10.3 Å². The van der Waals surface area contributed by atoms with Gasteiger partial charge >= 0.3 is 6.03 Å². The Bertz CT molecular complexity index is 723. The highest BCUT2D eigenvalue weighted by Gasteiger charge is 2.24. The zero-order valence-electron chi connectivity index (χ0n) is 15.7. The van der Waals surface area contributed by atoms with E-state index >= 15 is 0 Å². The Morgan fingerprint density at radius 3 is 2.96 bits per heavy atom. The fourth-order valence-corrected chi connectivity index (χ4v) is 3.13. The maximum atomic E-state index is 13.0. The van der Waals surface area contributed by atoms with Crippen LogP contribution in [0.3, 0.4) is 0 Å². The lowest BCUT2D eigenvalue weighted by atomic mass is 10.2. The number of hydrogen-bond donors (Lipinski definition) is 1. The van der Waals surface area contributed by atoms with Crippen molar-refractivity contribution in [2.75, 3.05) is 18.5 Å². The van der Waals surface area contributed by atoms with E-state index in [-0.39, 0.29) is 18.2 Å². The lowest BCUT2D eigenvalue weighted by Gasteiger charge is -2.25. The highest BCUT2D eigenvalue weighted by molar-refractivity contribution is 5.88. The van der Waals surface area contributed by atoms with Crippen LogP contribution < -0.4 is 5.32 Å². The van der Waals surface area contributed by atoms with Crippen molar-refractivity contribution in [1.82, 2.24) is 19.7 Å². The number of aromatic nitrogens is 3. The Morgan fingerprint density at radius 1 is 1.46 bits per heavy atom. The van der Waals surface area contributed by atoms with Gasteiger partial charge in [-0.15, -0.1) is 0 Å². The maximum Gasteiger partial charge on any atom is 0.323 e. The molecular formula is C19H27N5O2. The van der Waals surface area contributed by atoms with Crippen molar-refractivity contribution < 1.29 is 9.53 Å². The number of nitrogens with zero attached hydrogens (tertiary/aromatic N) is 4. The van der Waals surface area contributed by atoms with Crippen molar-refractivity contribution in [2.24, 2.45) is 0 Å². The van der Waals surface area contributed by atoms with Gasteiger partial charge in [0.25, 0.3) is 0 Å². The van der Waals surface area contributed by atoms with E-state index < -0.39 is 0 Å². The number of pyridine rings is 1. The van der Waals surface area contributed by atoms with E-state index in [1.807, 2.05) is 49.7 Å². The maximum absolute atomic E-state index is 13.0. The molecule has 0 bridgehead atoms. The van der Waals surface area contributed by atoms with Crippen LogP contribution >= 0.6 is 0 Å². The Kier molecular flexibility index (Phi) is 5.88. The zero-order chi connectivity index (χ0) is 18.5. The molecule has 0 spiro atoms. The molecule has 1 fully saturated rings. The lowest BCUT2D eigenvalue weighted by molar-refractivity contribution is 0.0816. The Balaban J connectivity index is 1.75. The molecular weight excluding hydrogens is 330 g/mol. The van der Waals surface area contributed by atoms with Crippen LogP contribution in [0.1, 0.15) is 44.1 Å². The largest absolute Gasteiger partial charge is 0.376 e. The van der Waals surface area contributed by atoms with Crippen LogP contribution in [0.25, 0.3) is 0 Å². The van der Waals surface area contributed by atoms with E-state index in [4.69, 9.17) is 4.74 Å². The molecule has 0 radical (unpaired) electrons. The first kappa shape index (κ1) is 18.4. The van der Waals surface area contributed by atoms with E-state index in [0.29, 0.717) is 18.9 Å². The number of carbonyl (C=O) groups excluding carboxylic acids is 1. The summed E-state index contributed by atoms with van der Waals surface area (Å²) in [6.07, 6.45) is 3.86. The minimum absolute atomic E-state index is 0.0845. The van der Waals surface area contributed by atoms with Gasteiger partial charge in [-0.2, -0.15) is 5.10 Å². The quantitative estimate of drug-likeness (QED) is 0.860. The van der Waals surface area contributed by atoms with E-state index in [1.165, 1.54) is 0 Å². The molecule has 0 aromatic carbocycles. The fourth-order valence-electron chi connectivity index (χ4n) is 3.13. The lowest BCUT2D eigenvalue weighted by Crippen LogP contribution is -2.40. The highest BCUT2D eigenvalue weighted by Crippen LogP contribution is 2.19. The van der Waals surface area contributed by atoms with Crippen molar-refractivity contribution in [3.8, 4) is 0 Å². The van der Waals surface area contributed by atoms with Gasteiger partial charge in [-0.1, -0.05) is 6.07 Å². The summed E-state index contributed by atoms with van der Waals surface area (Å²) in [6.45, 7) is 7.77. The van der Waals surface area contributed by atoms with Crippen LogP contribution in [0.4, 0.5) is 10.6 Å². The number of anilines is 1. The van der Waals surface area contributed by atoms with Crippen molar-refractivity contribution in [3.63, 3.8) is 0 Å². The average molecular weight is 357 g/mol. The standard InChI is InChI=1S/C19H27N5O2/c1-14(2)24-18(11-15(3)22-24)21-19(25)23(13-17-8-6-10-26-17)12-16-7-4-5-9-20-16/h4-5,7,9,11,14,17H,6,8,10,12-13H2,1-3H3,(H,21,25)/t17-/m0/s1. The molecule has 0 aliphatic carbocycles. The number of amides is 2. The molecule has 0 unspecified atom stereocenters. The molecule has 1 aliphatic rings. The molecule has 3 rings (SSSR count). The second-order valence-electron chi connectivity index (χ2n) is 6.98. The summed E-state index contributed by atoms with van der Waals surface area (Å²) in [6, 6.07) is 7.63. The topological polar surface area (TPSA) is 72.3 Å². The SMILES string of the molecule is Cc1cc(NC(=O)N(Cc2ccccn2)C[C@@H]2CCCO2)n(C(C)C)n1. The van der Waals surface area contributed by atoms with Crippen molar-refractivity contribution >= 4 is 11.8 Å². The monoisotopic (exact) mass is 357 g/mol. The first-order valence-electron chi connectivity index (χ1n) is 9.16. The molecule has 140 valence electrons. The van der Waals surface area contributed by atoms with Gasteiger partial charge in [0.05, 0.1) is 24.0 Å². The van der Waals surface area contributed by atoms with Crippen molar-refractivity contribution in [3.05, 3.63) is 41.9 Å². The second-order valence-corrected chi connectivity index (χ2v) is 6.98. The molecule has 1 saturated heterocycles. The summed E-state index contributed by atoms with van der Waals surface area (Å²) in [5.41, 5.74) is 1.73. The molecule has 2 amide bonds. The predicted molar refractivity (Wildman–Crippen MR) is 100.0 cm³/mol. The minimum Gasteiger partial charge on any atom is -0.376 e. The minimum atomic E-state index is -0.159. The molecule has 2 aromatic rings. The molecule has 26 heavy (non-hydrogen) atoms. The van der Waals surface area contributed by atoms with Gasteiger partial charge in [0.1, 0.15) is 5.82 Å². The number of carbonyl (C=O) groups is 1. The van der Waals surface area contributed by atoms with Gasteiger partial charge in [0.2, 0.25) is 0 Å². The third-order valence-electron chi connectivity index (χ3n) is 4.40.